The molecular formula is C18H17N7. The zero-order valence-electron chi connectivity index (χ0n) is 13.8. The van der Waals surface area contributed by atoms with Crippen LogP contribution in [0.5, 0.6) is 0 Å². The predicted octanol–water partition coefficient (Wildman–Crippen LogP) is 3.18. The SMILES string of the molecule is N#CCCCCCN1CC=Nc2c1c1cncnc1c1nccnc21. The lowest BCUT2D eigenvalue weighted by Crippen LogP contribution is -2.29. The number of unbranched alkanes of at least 4 members (excludes halogenated alkanes) is 3. The highest BCUT2D eigenvalue weighted by Crippen LogP contribution is 2.42. The fourth-order valence-corrected chi connectivity index (χ4v) is 3.27. The Morgan fingerprint density at radius 1 is 1.04 bits per heavy atom. The van der Waals surface area contributed by atoms with E-state index in [-0.39, 0.29) is 0 Å². The van der Waals surface area contributed by atoms with Crippen molar-refractivity contribution in [1.29, 1.82) is 5.26 Å². The maximum Gasteiger partial charge on any atom is 0.119 e. The van der Waals surface area contributed by atoms with E-state index in [4.69, 9.17) is 5.26 Å². The summed E-state index contributed by atoms with van der Waals surface area (Å²) in [5.41, 5.74) is 4.21. The number of hydrogen-bond acceptors (Lipinski definition) is 7. The van der Waals surface area contributed by atoms with Gasteiger partial charge in [0.15, 0.2) is 0 Å². The van der Waals surface area contributed by atoms with Crippen molar-refractivity contribution in [2.45, 2.75) is 25.7 Å². The van der Waals surface area contributed by atoms with Crippen molar-refractivity contribution >= 4 is 39.5 Å². The van der Waals surface area contributed by atoms with Gasteiger partial charge in [0.05, 0.1) is 18.3 Å². The van der Waals surface area contributed by atoms with Crippen LogP contribution < -0.4 is 4.90 Å². The molecule has 0 bridgehead atoms. The van der Waals surface area contributed by atoms with Crippen LogP contribution in [0, 0.1) is 11.3 Å². The fourth-order valence-electron chi connectivity index (χ4n) is 3.27. The molecule has 7 heteroatoms. The summed E-state index contributed by atoms with van der Waals surface area (Å²) >= 11 is 0. The quantitative estimate of drug-likeness (QED) is 0.527. The number of rotatable bonds is 5. The van der Waals surface area contributed by atoms with Crippen LogP contribution in [0.25, 0.3) is 21.9 Å². The highest BCUT2D eigenvalue weighted by molar-refractivity contribution is 6.16. The molecule has 0 spiro atoms. The zero-order chi connectivity index (χ0) is 17.1. The van der Waals surface area contributed by atoms with Gasteiger partial charge in [-0.25, -0.2) is 9.97 Å². The molecule has 2 aromatic heterocycles. The third-order valence-corrected chi connectivity index (χ3v) is 4.39. The summed E-state index contributed by atoms with van der Waals surface area (Å²) in [4.78, 5) is 24.5. The van der Waals surface area contributed by atoms with Gasteiger partial charge in [-0.2, -0.15) is 5.26 Å². The Kier molecular flexibility index (Phi) is 4.17. The van der Waals surface area contributed by atoms with E-state index in [0.29, 0.717) is 6.42 Å². The molecule has 7 nitrogen and oxygen atoms in total. The molecule has 3 heterocycles. The molecule has 3 aromatic rings. The molecule has 0 N–H and O–H groups in total. The summed E-state index contributed by atoms with van der Waals surface area (Å²) in [6.45, 7) is 1.65. The van der Waals surface area contributed by atoms with Gasteiger partial charge < -0.3 is 4.90 Å². The topological polar surface area (TPSA) is 91.0 Å². The molecule has 0 radical (unpaired) electrons. The molecule has 0 fully saturated rings. The van der Waals surface area contributed by atoms with Gasteiger partial charge in [0.1, 0.15) is 28.6 Å². The number of nitriles is 1. The van der Waals surface area contributed by atoms with E-state index < -0.39 is 0 Å². The van der Waals surface area contributed by atoms with E-state index in [1.807, 2.05) is 12.4 Å². The van der Waals surface area contributed by atoms with Crippen molar-refractivity contribution in [3.63, 3.8) is 0 Å². The average Bonchev–Trinajstić information content (AvgIpc) is 2.68. The second-order valence-electron chi connectivity index (χ2n) is 5.96. The lowest BCUT2D eigenvalue weighted by molar-refractivity contribution is 0.676. The Morgan fingerprint density at radius 3 is 2.80 bits per heavy atom. The van der Waals surface area contributed by atoms with Gasteiger partial charge in [0.25, 0.3) is 0 Å². The van der Waals surface area contributed by atoms with Gasteiger partial charge in [-0.15, -0.1) is 0 Å². The molecule has 4 rings (SSSR count). The monoisotopic (exact) mass is 331 g/mol. The van der Waals surface area contributed by atoms with E-state index in [0.717, 1.165) is 65.7 Å². The standard InChI is InChI=1S/C18H17N7/c19-5-3-1-2-4-9-25-10-8-23-17-16-15(21-6-7-22-16)14-13(18(17)25)11-20-12-24-14/h6-8,11-12H,1-4,9-10H2. The third kappa shape index (κ3) is 2.76. The van der Waals surface area contributed by atoms with Crippen LogP contribution in [0.3, 0.4) is 0 Å². The number of benzene rings is 1. The van der Waals surface area contributed by atoms with Crippen LogP contribution in [-0.4, -0.2) is 39.2 Å². The first-order valence-electron chi connectivity index (χ1n) is 8.41. The summed E-state index contributed by atoms with van der Waals surface area (Å²) in [5.74, 6) is 0. The minimum atomic E-state index is 0.620. The lowest BCUT2D eigenvalue weighted by atomic mass is 10.1. The van der Waals surface area contributed by atoms with E-state index >= 15 is 0 Å². The van der Waals surface area contributed by atoms with Crippen LogP contribution in [0.4, 0.5) is 11.4 Å². The van der Waals surface area contributed by atoms with Crippen molar-refractivity contribution in [2.75, 3.05) is 18.0 Å². The molecule has 0 saturated heterocycles. The highest BCUT2D eigenvalue weighted by atomic mass is 15.2. The van der Waals surface area contributed by atoms with E-state index in [1.165, 1.54) is 0 Å². The van der Waals surface area contributed by atoms with Crippen molar-refractivity contribution < 1.29 is 0 Å². The molecule has 25 heavy (non-hydrogen) atoms. The van der Waals surface area contributed by atoms with Crippen LogP contribution >= 0.6 is 0 Å². The molecule has 1 aliphatic heterocycles. The first-order valence-corrected chi connectivity index (χ1v) is 8.41. The van der Waals surface area contributed by atoms with Gasteiger partial charge in [0.2, 0.25) is 0 Å². The fraction of sp³-hybridized carbons (Fsp3) is 0.333. The minimum absolute atomic E-state index is 0.620. The summed E-state index contributed by atoms with van der Waals surface area (Å²) in [5, 5.41) is 9.62. The van der Waals surface area contributed by atoms with Crippen molar-refractivity contribution in [2.24, 2.45) is 4.99 Å². The molecule has 1 aromatic carbocycles. The number of hydrogen-bond donors (Lipinski definition) is 0. The molecule has 0 saturated carbocycles. The summed E-state index contributed by atoms with van der Waals surface area (Å²) in [6.07, 6.45) is 12.3. The molecule has 0 aliphatic carbocycles. The number of aromatic nitrogens is 4. The summed E-state index contributed by atoms with van der Waals surface area (Å²) in [7, 11) is 0. The predicted molar refractivity (Wildman–Crippen MR) is 97.1 cm³/mol. The zero-order valence-corrected chi connectivity index (χ0v) is 13.8. The van der Waals surface area contributed by atoms with Crippen LogP contribution in [0.2, 0.25) is 0 Å². The third-order valence-electron chi connectivity index (χ3n) is 4.39. The largest absolute Gasteiger partial charge is 0.364 e. The Balaban J connectivity index is 1.79. The van der Waals surface area contributed by atoms with Crippen molar-refractivity contribution in [1.82, 2.24) is 19.9 Å². The Hall–Kier alpha value is -3.14. The van der Waals surface area contributed by atoms with Crippen LogP contribution in [-0.2, 0) is 0 Å². The number of aliphatic imine (C=N–C) groups is 1. The number of anilines is 1. The van der Waals surface area contributed by atoms with E-state index in [9.17, 15) is 0 Å². The minimum Gasteiger partial charge on any atom is -0.364 e. The van der Waals surface area contributed by atoms with Gasteiger partial charge >= 0.3 is 0 Å². The van der Waals surface area contributed by atoms with Gasteiger partial charge in [-0.1, -0.05) is 6.42 Å². The van der Waals surface area contributed by atoms with E-state index in [1.54, 1.807) is 18.7 Å². The smallest absolute Gasteiger partial charge is 0.119 e. The van der Waals surface area contributed by atoms with Crippen LogP contribution in [0.1, 0.15) is 25.7 Å². The number of nitrogens with zero attached hydrogens (tertiary/aromatic N) is 7. The Bertz CT molecular complexity index is 990. The first kappa shape index (κ1) is 15.4. The molecule has 0 unspecified atom stereocenters. The van der Waals surface area contributed by atoms with Crippen molar-refractivity contribution in [3.8, 4) is 6.07 Å². The first-order chi connectivity index (χ1) is 12.4. The van der Waals surface area contributed by atoms with Gasteiger partial charge in [-0.3, -0.25) is 15.0 Å². The van der Waals surface area contributed by atoms with Gasteiger partial charge in [0, 0.05) is 43.2 Å². The molecule has 1 aliphatic rings. The second kappa shape index (κ2) is 6.77. The molecule has 0 amide bonds. The highest BCUT2D eigenvalue weighted by Gasteiger charge is 2.23. The maximum atomic E-state index is 8.66. The van der Waals surface area contributed by atoms with Crippen molar-refractivity contribution in [3.05, 3.63) is 24.9 Å². The lowest BCUT2D eigenvalue weighted by Gasteiger charge is -2.29. The molecule has 124 valence electrons. The van der Waals surface area contributed by atoms with Crippen LogP contribution in [0.15, 0.2) is 29.9 Å². The normalized spacial score (nSPS) is 13.2. The Labute approximate surface area is 145 Å². The van der Waals surface area contributed by atoms with E-state index in [2.05, 4.69) is 35.9 Å². The average molecular weight is 331 g/mol. The van der Waals surface area contributed by atoms with Gasteiger partial charge in [-0.05, 0) is 12.8 Å². The summed E-state index contributed by atoms with van der Waals surface area (Å²) in [6, 6.07) is 2.20. The molecule has 0 atom stereocenters. The maximum absolute atomic E-state index is 8.66. The molecular weight excluding hydrogens is 314 g/mol. The second-order valence-corrected chi connectivity index (χ2v) is 5.96. The number of fused-ring (bicyclic) bond motifs is 6. The Morgan fingerprint density at radius 2 is 1.92 bits per heavy atom. The summed E-state index contributed by atoms with van der Waals surface area (Å²) < 4.78 is 0.